The Kier molecular flexibility index (Phi) is 2.70. The summed E-state index contributed by atoms with van der Waals surface area (Å²) in [6.07, 6.45) is 1.22. The number of anilines is 1. The van der Waals surface area contributed by atoms with Crippen molar-refractivity contribution in [2.45, 2.75) is 6.42 Å². The molecule has 1 aliphatic rings. The molecule has 1 heterocycles. The van der Waals surface area contributed by atoms with Crippen molar-refractivity contribution in [2.24, 2.45) is 0 Å². The minimum Gasteiger partial charge on any atom is -0.365 e. The van der Waals surface area contributed by atoms with Crippen LogP contribution in [0.5, 0.6) is 0 Å². The van der Waals surface area contributed by atoms with Crippen molar-refractivity contribution in [1.29, 1.82) is 0 Å². The normalized spacial score (nSPS) is 15.5. The van der Waals surface area contributed by atoms with Crippen molar-refractivity contribution in [3.63, 3.8) is 0 Å². The first-order valence-electron chi connectivity index (χ1n) is 5.69. The Morgan fingerprint density at radius 1 is 1.20 bits per heavy atom. The van der Waals surface area contributed by atoms with Gasteiger partial charge in [-0.3, -0.25) is 0 Å². The molecule has 2 heteroatoms. The molecule has 0 unspecified atom stereocenters. The average Bonchev–Trinajstić information content (AvgIpc) is 2.57. The minimum absolute atomic E-state index is 1.04. The number of quaternary nitrogens is 1. The maximum atomic E-state index is 2.51. The highest BCUT2D eigenvalue weighted by molar-refractivity contribution is 5.57. The molecule has 0 atom stereocenters. The molecule has 2 nitrogen and oxygen atoms in total. The van der Waals surface area contributed by atoms with E-state index in [-0.39, 0.29) is 0 Å². The summed E-state index contributed by atoms with van der Waals surface area (Å²) in [6, 6.07) is 8.78. The second-order valence-corrected chi connectivity index (χ2v) is 5.38. The van der Waals surface area contributed by atoms with E-state index in [1.165, 1.54) is 37.3 Å². The molecule has 0 amide bonds. The van der Waals surface area contributed by atoms with E-state index in [4.69, 9.17) is 0 Å². The van der Waals surface area contributed by atoms with Crippen LogP contribution in [0.15, 0.2) is 24.3 Å². The fraction of sp³-hybridized carbons (Fsp3) is 0.538. The fourth-order valence-corrected chi connectivity index (χ4v) is 2.06. The van der Waals surface area contributed by atoms with Gasteiger partial charge in [0.25, 0.3) is 0 Å². The minimum atomic E-state index is 1.04. The maximum absolute atomic E-state index is 2.51. The van der Waals surface area contributed by atoms with Gasteiger partial charge in [-0.1, -0.05) is 18.2 Å². The van der Waals surface area contributed by atoms with E-state index in [1.807, 2.05) is 0 Å². The number of hydrogen-bond acceptors (Lipinski definition) is 1. The molecule has 1 aromatic rings. The van der Waals surface area contributed by atoms with Crippen LogP contribution in [0.25, 0.3) is 0 Å². The number of rotatable bonds is 3. The highest BCUT2D eigenvalue weighted by Crippen LogP contribution is 2.26. The zero-order chi connectivity index (χ0) is 10.9. The zero-order valence-corrected chi connectivity index (χ0v) is 10.0. The number of para-hydroxylation sites is 1. The van der Waals surface area contributed by atoms with E-state index in [0.717, 1.165) is 4.48 Å². The van der Waals surface area contributed by atoms with Gasteiger partial charge in [0.05, 0.1) is 34.2 Å². The molecule has 15 heavy (non-hydrogen) atoms. The third kappa shape index (κ3) is 2.51. The summed E-state index contributed by atoms with van der Waals surface area (Å²) in [6.45, 7) is 3.56. The van der Waals surface area contributed by atoms with Gasteiger partial charge in [0.15, 0.2) is 0 Å². The van der Waals surface area contributed by atoms with Crippen molar-refractivity contribution < 1.29 is 4.48 Å². The van der Waals surface area contributed by atoms with Gasteiger partial charge in [-0.2, -0.15) is 0 Å². The van der Waals surface area contributed by atoms with Crippen molar-refractivity contribution in [2.75, 3.05) is 45.7 Å². The van der Waals surface area contributed by atoms with E-state index < -0.39 is 0 Å². The lowest BCUT2D eigenvalue weighted by atomic mass is 10.2. The monoisotopic (exact) mass is 205 g/mol. The van der Waals surface area contributed by atoms with Gasteiger partial charge in [-0.05, 0) is 18.1 Å². The van der Waals surface area contributed by atoms with Crippen LogP contribution in [-0.4, -0.2) is 45.3 Å². The Morgan fingerprint density at radius 3 is 2.67 bits per heavy atom. The van der Waals surface area contributed by atoms with Crippen molar-refractivity contribution >= 4 is 5.69 Å². The number of likely N-dealkylation sites (N-methyl/N-ethyl adjacent to an activating group) is 1. The fourth-order valence-electron chi connectivity index (χ4n) is 2.06. The molecule has 0 spiro atoms. The van der Waals surface area contributed by atoms with Crippen LogP contribution in [-0.2, 0) is 6.42 Å². The lowest BCUT2D eigenvalue weighted by Gasteiger charge is -2.28. The smallest absolute Gasteiger partial charge is 0.0958 e. The summed E-state index contributed by atoms with van der Waals surface area (Å²) in [5.41, 5.74) is 2.96. The predicted octanol–water partition coefficient (Wildman–Crippen LogP) is 1.76. The van der Waals surface area contributed by atoms with E-state index in [1.54, 1.807) is 0 Å². The first kappa shape index (κ1) is 10.5. The third-order valence-electron chi connectivity index (χ3n) is 3.02. The van der Waals surface area contributed by atoms with Crippen molar-refractivity contribution in [3.05, 3.63) is 29.8 Å². The van der Waals surface area contributed by atoms with Crippen LogP contribution in [0.1, 0.15) is 5.56 Å². The molecule has 1 aromatic carbocycles. The van der Waals surface area contributed by atoms with Gasteiger partial charge in [0.2, 0.25) is 0 Å². The van der Waals surface area contributed by atoms with E-state index >= 15 is 0 Å². The van der Waals surface area contributed by atoms with E-state index in [9.17, 15) is 0 Å². The van der Waals surface area contributed by atoms with Crippen LogP contribution in [0, 0.1) is 0 Å². The number of fused-ring (bicyclic) bond motifs is 1. The molecule has 0 bridgehead atoms. The van der Waals surface area contributed by atoms with Crippen LogP contribution >= 0.6 is 0 Å². The average molecular weight is 205 g/mol. The molecule has 1 aliphatic heterocycles. The molecule has 0 aliphatic carbocycles. The molecule has 0 saturated carbocycles. The third-order valence-corrected chi connectivity index (χ3v) is 3.02. The first-order valence-corrected chi connectivity index (χ1v) is 5.69. The summed E-state index contributed by atoms with van der Waals surface area (Å²) in [4.78, 5) is 2.51. The van der Waals surface area contributed by atoms with Crippen molar-refractivity contribution in [1.82, 2.24) is 0 Å². The first-order chi connectivity index (χ1) is 7.06. The molecular formula is C13H21N2+. The number of nitrogens with zero attached hydrogens (tertiary/aromatic N) is 2. The Morgan fingerprint density at radius 2 is 1.93 bits per heavy atom. The summed E-state index contributed by atoms with van der Waals surface area (Å²) in [5.74, 6) is 0. The SMILES string of the molecule is C[N+](C)(C)CCN1CCc2ccccc21. The maximum Gasteiger partial charge on any atom is 0.0958 e. The van der Waals surface area contributed by atoms with Crippen LogP contribution in [0.4, 0.5) is 5.69 Å². The molecule has 0 aromatic heterocycles. The second kappa shape index (κ2) is 3.86. The molecule has 0 fully saturated rings. The topological polar surface area (TPSA) is 3.24 Å². The Bertz CT molecular complexity index is 339. The standard InChI is InChI=1S/C13H21N2/c1-15(2,3)11-10-14-9-8-12-6-4-5-7-13(12)14/h4-7H,8-11H2,1-3H3/q+1. The van der Waals surface area contributed by atoms with E-state index in [2.05, 4.69) is 50.3 Å². The van der Waals surface area contributed by atoms with Gasteiger partial charge in [-0.25, -0.2) is 0 Å². The zero-order valence-electron chi connectivity index (χ0n) is 10.0. The number of hydrogen-bond donors (Lipinski definition) is 0. The highest BCUT2D eigenvalue weighted by Gasteiger charge is 2.19. The van der Waals surface area contributed by atoms with Gasteiger partial charge < -0.3 is 9.38 Å². The van der Waals surface area contributed by atoms with E-state index in [0.29, 0.717) is 0 Å². The van der Waals surface area contributed by atoms with Gasteiger partial charge in [0.1, 0.15) is 0 Å². The largest absolute Gasteiger partial charge is 0.365 e. The van der Waals surface area contributed by atoms with Gasteiger partial charge >= 0.3 is 0 Å². The van der Waals surface area contributed by atoms with Crippen LogP contribution in [0.2, 0.25) is 0 Å². The van der Waals surface area contributed by atoms with Gasteiger partial charge in [0, 0.05) is 12.2 Å². The van der Waals surface area contributed by atoms with Crippen LogP contribution < -0.4 is 4.90 Å². The van der Waals surface area contributed by atoms with Crippen molar-refractivity contribution in [3.8, 4) is 0 Å². The molecule has 2 rings (SSSR count). The predicted molar refractivity (Wildman–Crippen MR) is 65.3 cm³/mol. The quantitative estimate of drug-likeness (QED) is 0.680. The van der Waals surface area contributed by atoms with Crippen LogP contribution in [0.3, 0.4) is 0 Å². The second-order valence-electron chi connectivity index (χ2n) is 5.38. The molecule has 0 N–H and O–H groups in total. The molecule has 0 radical (unpaired) electrons. The lowest BCUT2D eigenvalue weighted by molar-refractivity contribution is -0.868. The summed E-state index contributed by atoms with van der Waals surface area (Å²) in [5, 5.41) is 0. The Hall–Kier alpha value is -1.02. The molecule has 0 saturated heterocycles. The lowest BCUT2D eigenvalue weighted by Crippen LogP contribution is -2.41. The summed E-state index contributed by atoms with van der Waals surface area (Å²) >= 11 is 0. The molecule has 82 valence electrons. The summed E-state index contributed by atoms with van der Waals surface area (Å²) < 4.78 is 1.04. The summed E-state index contributed by atoms with van der Waals surface area (Å²) in [7, 11) is 6.76. The number of benzene rings is 1. The Balaban J connectivity index is 2.02. The Labute approximate surface area is 92.7 Å². The highest BCUT2D eigenvalue weighted by atomic mass is 15.3. The molecular weight excluding hydrogens is 184 g/mol. The van der Waals surface area contributed by atoms with Gasteiger partial charge in [-0.15, -0.1) is 0 Å².